The molecule has 146 valence electrons. The van der Waals surface area contributed by atoms with Crippen LogP contribution in [0, 0.1) is 0 Å². The predicted octanol–water partition coefficient (Wildman–Crippen LogP) is 2.01. The number of rotatable bonds is 6. The fourth-order valence-corrected chi connectivity index (χ4v) is 4.49. The maximum Gasteiger partial charge on any atom is 0.251 e. The molecule has 1 amide bonds. The lowest BCUT2D eigenvalue weighted by Crippen LogP contribution is -2.48. The average Bonchev–Trinajstić information content (AvgIpc) is 3.13. The van der Waals surface area contributed by atoms with Crippen LogP contribution < -0.4 is 5.32 Å². The summed E-state index contributed by atoms with van der Waals surface area (Å²) in [5.74, 6) is 0.185. The van der Waals surface area contributed by atoms with Gasteiger partial charge >= 0.3 is 0 Å². The molecule has 8 heteroatoms. The highest BCUT2D eigenvalue weighted by Crippen LogP contribution is 2.29. The van der Waals surface area contributed by atoms with Gasteiger partial charge in [-0.25, -0.2) is 17.7 Å². The summed E-state index contributed by atoms with van der Waals surface area (Å²) >= 11 is 0. The van der Waals surface area contributed by atoms with Crippen molar-refractivity contribution in [3.63, 3.8) is 0 Å². The number of carbonyl (C=O) groups is 1. The molecule has 2 aromatic heterocycles. The highest BCUT2D eigenvalue weighted by Gasteiger charge is 2.35. The molecule has 1 fully saturated rings. The number of sulfonamides is 1. The van der Waals surface area contributed by atoms with Crippen molar-refractivity contribution in [2.75, 3.05) is 18.8 Å². The maximum atomic E-state index is 12.4. The van der Waals surface area contributed by atoms with Crippen LogP contribution in [0.3, 0.4) is 0 Å². The van der Waals surface area contributed by atoms with Crippen LogP contribution in [0.1, 0.15) is 34.3 Å². The number of fused-ring (bicyclic) bond motifs is 1. The van der Waals surface area contributed by atoms with E-state index < -0.39 is 10.0 Å². The van der Waals surface area contributed by atoms with Gasteiger partial charge in [-0.1, -0.05) is 12.1 Å². The lowest BCUT2D eigenvalue weighted by atomic mass is 9.93. The molecule has 1 aliphatic rings. The molecule has 3 aromatic rings. The topological polar surface area (TPSA) is 83.8 Å². The molecule has 1 aromatic carbocycles. The molecule has 1 aliphatic heterocycles. The standard InChI is InChI=1S/C20H22N4O3S/c1-2-28(26,27)24-13-18(14-24)16-3-5-17(6-4-16)20(25)22-12-15-7-9-23-10-8-21-19(23)11-15/h3-11,18H,2,12-14H2,1H3,(H,22,25). The summed E-state index contributed by atoms with van der Waals surface area (Å²) in [6.45, 7) is 3.11. The van der Waals surface area contributed by atoms with Crippen LogP contribution in [0.25, 0.3) is 5.65 Å². The zero-order valence-corrected chi connectivity index (χ0v) is 16.4. The van der Waals surface area contributed by atoms with Crippen molar-refractivity contribution < 1.29 is 13.2 Å². The summed E-state index contributed by atoms with van der Waals surface area (Å²) in [6.07, 6.45) is 5.52. The van der Waals surface area contributed by atoms with Gasteiger partial charge in [-0.15, -0.1) is 0 Å². The molecule has 28 heavy (non-hydrogen) atoms. The van der Waals surface area contributed by atoms with E-state index >= 15 is 0 Å². The van der Waals surface area contributed by atoms with Gasteiger partial charge in [0.2, 0.25) is 10.0 Å². The molecule has 3 heterocycles. The molecule has 1 saturated heterocycles. The Bertz CT molecular complexity index is 1100. The van der Waals surface area contributed by atoms with Crippen molar-refractivity contribution in [2.45, 2.75) is 19.4 Å². The molecule has 7 nitrogen and oxygen atoms in total. The van der Waals surface area contributed by atoms with E-state index in [1.807, 2.05) is 41.1 Å². The van der Waals surface area contributed by atoms with Crippen LogP contribution in [0.2, 0.25) is 0 Å². The Balaban J connectivity index is 1.34. The molecule has 0 spiro atoms. The summed E-state index contributed by atoms with van der Waals surface area (Å²) in [5, 5.41) is 2.92. The van der Waals surface area contributed by atoms with Crippen molar-refractivity contribution in [3.8, 4) is 0 Å². The number of hydrogen-bond donors (Lipinski definition) is 1. The molecule has 0 radical (unpaired) electrons. The Morgan fingerprint density at radius 1 is 1.18 bits per heavy atom. The minimum absolute atomic E-state index is 0.131. The van der Waals surface area contributed by atoms with E-state index in [9.17, 15) is 13.2 Å². The second-order valence-corrected chi connectivity index (χ2v) is 9.20. The van der Waals surface area contributed by atoms with Gasteiger partial charge in [0, 0.05) is 49.7 Å². The van der Waals surface area contributed by atoms with Crippen molar-refractivity contribution in [1.82, 2.24) is 19.0 Å². The number of nitrogens with one attached hydrogen (secondary N) is 1. The van der Waals surface area contributed by atoms with E-state index in [0.29, 0.717) is 25.2 Å². The normalized spacial score (nSPS) is 15.5. The van der Waals surface area contributed by atoms with Gasteiger partial charge in [-0.3, -0.25) is 4.79 Å². The monoisotopic (exact) mass is 398 g/mol. The van der Waals surface area contributed by atoms with Gasteiger partial charge < -0.3 is 9.72 Å². The number of nitrogens with zero attached hydrogens (tertiary/aromatic N) is 3. The Kier molecular flexibility index (Phi) is 4.91. The summed E-state index contributed by atoms with van der Waals surface area (Å²) in [4.78, 5) is 16.6. The van der Waals surface area contributed by atoms with Crippen LogP contribution in [0.4, 0.5) is 0 Å². The van der Waals surface area contributed by atoms with Crippen LogP contribution >= 0.6 is 0 Å². The number of carbonyl (C=O) groups excluding carboxylic acids is 1. The molecule has 4 rings (SSSR count). The Morgan fingerprint density at radius 2 is 1.93 bits per heavy atom. The van der Waals surface area contributed by atoms with Gasteiger partial charge in [0.25, 0.3) is 5.91 Å². The molecular weight excluding hydrogens is 376 g/mol. The smallest absolute Gasteiger partial charge is 0.251 e. The zero-order chi connectivity index (χ0) is 19.7. The van der Waals surface area contributed by atoms with Crippen molar-refractivity contribution in [3.05, 3.63) is 71.7 Å². The average molecular weight is 398 g/mol. The molecule has 0 aliphatic carbocycles. The first-order chi connectivity index (χ1) is 13.5. The molecular formula is C20H22N4O3S. The van der Waals surface area contributed by atoms with Crippen LogP contribution in [-0.2, 0) is 16.6 Å². The number of benzene rings is 1. The minimum atomic E-state index is -3.10. The number of aromatic nitrogens is 2. The van der Waals surface area contributed by atoms with Crippen molar-refractivity contribution in [1.29, 1.82) is 0 Å². The van der Waals surface area contributed by atoms with E-state index in [2.05, 4.69) is 10.3 Å². The quantitative estimate of drug-likeness (QED) is 0.689. The first-order valence-corrected chi connectivity index (χ1v) is 10.8. The van der Waals surface area contributed by atoms with E-state index in [1.54, 1.807) is 25.3 Å². The second-order valence-electron chi connectivity index (χ2n) is 6.95. The Morgan fingerprint density at radius 3 is 2.64 bits per heavy atom. The molecule has 0 saturated carbocycles. The highest BCUT2D eigenvalue weighted by atomic mass is 32.2. The molecule has 0 bridgehead atoms. The first-order valence-electron chi connectivity index (χ1n) is 9.24. The number of pyridine rings is 1. The van der Waals surface area contributed by atoms with E-state index in [-0.39, 0.29) is 17.6 Å². The molecule has 0 unspecified atom stereocenters. The lowest BCUT2D eigenvalue weighted by Gasteiger charge is -2.38. The summed E-state index contributed by atoms with van der Waals surface area (Å²) in [5.41, 5.74) is 3.47. The van der Waals surface area contributed by atoms with E-state index in [4.69, 9.17) is 0 Å². The van der Waals surface area contributed by atoms with Crippen LogP contribution in [0.15, 0.2) is 55.0 Å². The van der Waals surface area contributed by atoms with Gasteiger partial charge in [0.05, 0.1) is 5.75 Å². The maximum absolute atomic E-state index is 12.4. The highest BCUT2D eigenvalue weighted by molar-refractivity contribution is 7.89. The van der Waals surface area contributed by atoms with Crippen LogP contribution in [0.5, 0.6) is 0 Å². The third-order valence-corrected chi connectivity index (χ3v) is 6.98. The van der Waals surface area contributed by atoms with Gasteiger partial charge in [0.15, 0.2) is 0 Å². The van der Waals surface area contributed by atoms with Gasteiger partial charge in [-0.05, 0) is 42.3 Å². The SMILES string of the molecule is CCS(=O)(=O)N1CC(c2ccc(C(=O)NCc3ccn4ccnc4c3)cc2)C1. The fraction of sp³-hybridized carbons (Fsp3) is 0.300. The predicted molar refractivity (Wildman–Crippen MR) is 107 cm³/mol. The van der Waals surface area contributed by atoms with Crippen molar-refractivity contribution in [2.24, 2.45) is 0 Å². The molecule has 1 N–H and O–H groups in total. The second kappa shape index (κ2) is 7.37. The fourth-order valence-electron chi connectivity index (χ4n) is 3.31. The summed E-state index contributed by atoms with van der Waals surface area (Å²) < 4.78 is 27.1. The third-order valence-electron chi connectivity index (χ3n) is 5.17. The number of amides is 1. The Labute approximate surface area is 164 Å². The largest absolute Gasteiger partial charge is 0.348 e. The zero-order valence-electron chi connectivity index (χ0n) is 15.6. The summed E-state index contributed by atoms with van der Waals surface area (Å²) in [6, 6.07) is 11.3. The molecule has 0 atom stereocenters. The van der Waals surface area contributed by atoms with Gasteiger partial charge in [0.1, 0.15) is 5.65 Å². The van der Waals surface area contributed by atoms with E-state index in [0.717, 1.165) is 16.8 Å². The third kappa shape index (κ3) is 3.65. The van der Waals surface area contributed by atoms with Crippen LogP contribution in [-0.4, -0.2) is 46.9 Å². The minimum Gasteiger partial charge on any atom is -0.348 e. The first kappa shape index (κ1) is 18.6. The number of imidazole rings is 1. The van der Waals surface area contributed by atoms with Crippen molar-refractivity contribution >= 4 is 21.6 Å². The number of hydrogen-bond acceptors (Lipinski definition) is 4. The van der Waals surface area contributed by atoms with E-state index in [1.165, 1.54) is 4.31 Å². The lowest BCUT2D eigenvalue weighted by molar-refractivity contribution is 0.0951. The summed E-state index contributed by atoms with van der Waals surface area (Å²) in [7, 11) is -3.10. The Hall–Kier alpha value is -2.71. The van der Waals surface area contributed by atoms with Gasteiger partial charge in [-0.2, -0.15) is 0 Å².